The van der Waals surface area contributed by atoms with Crippen molar-refractivity contribution in [3.8, 4) is 5.75 Å². The summed E-state index contributed by atoms with van der Waals surface area (Å²) in [6, 6.07) is 1.95. The molecule has 1 aliphatic carbocycles. The van der Waals surface area contributed by atoms with Gasteiger partial charge in [0, 0.05) is 5.56 Å². The number of benzene rings is 1. The summed E-state index contributed by atoms with van der Waals surface area (Å²) in [7, 11) is 0. The van der Waals surface area contributed by atoms with Gasteiger partial charge in [-0.2, -0.15) is 0 Å². The number of hydrogen-bond donors (Lipinski definition) is 2. The van der Waals surface area contributed by atoms with Crippen molar-refractivity contribution in [2.24, 2.45) is 5.92 Å². The molecule has 1 fully saturated rings. The van der Waals surface area contributed by atoms with E-state index in [2.05, 4.69) is 0 Å². The number of hydrogen-bond acceptors (Lipinski definition) is 3. The highest BCUT2D eigenvalue weighted by Gasteiger charge is 2.27. The molecule has 1 atom stereocenters. The van der Waals surface area contributed by atoms with Gasteiger partial charge in [0.2, 0.25) is 0 Å². The number of aliphatic carboxylic acids is 1. The first-order valence-corrected chi connectivity index (χ1v) is 5.89. The van der Waals surface area contributed by atoms with Crippen LogP contribution in [0.1, 0.15) is 24.5 Å². The highest BCUT2D eigenvalue weighted by atomic mass is 35.5. The molecule has 2 rings (SSSR count). The molecule has 0 radical (unpaired) electrons. The van der Waals surface area contributed by atoms with Crippen LogP contribution in [0, 0.1) is 11.7 Å². The van der Waals surface area contributed by atoms with E-state index < -0.39 is 17.9 Å². The standard InChI is InChI=1S/C12H12ClFO4/c13-9-4-7(14)3-8(10(15)12(16)17)11(9)18-5-6-1-2-6/h3-4,6,10,15H,1-2,5H2,(H,16,17). The van der Waals surface area contributed by atoms with Gasteiger partial charge >= 0.3 is 5.97 Å². The molecule has 4 nitrogen and oxygen atoms in total. The summed E-state index contributed by atoms with van der Waals surface area (Å²) < 4.78 is 18.6. The van der Waals surface area contributed by atoms with Crippen molar-refractivity contribution in [2.75, 3.05) is 6.61 Å². The molecule has 1 aromatic carbocycles. The van der Waals surface area contributed by atoms with Gasteiger partial charge in [0.05, 0.1) is 11.6 Å². The lowest BCUT2D eigenvalue weighted by Crippen LogP contribution is -2.13. The molecule has 0 aliphatic heterocycles. The first kappa shape index (κ1) is 13.1. The molecular formula is C12H12ClFO4. The number of halogens is 2. The fourth-order valence-electron chi connectivity index (χ4n) is 1.55. The second kappa shape index (κ2) is 5.12. The van der Waals surface area contributed by atoms with Crippen LogP contribution < -0.4 is 4.74 Å². The molecule has 0 bridgehead atoms. The largest absolute Gasteiger partial charge is 0.491 e. The summed E-state index contributed by atoms with van der Waals surface area (Å²) in [4.78, 5) is 10.8. The van der Waals surface area contributed by atoms with E-state index in [4.69, 9.17) is 21.4 Å². The molecule has 1 unspecified atom stereocenters. The molecule has 1 aliphatic rings. The average molecular weight is 275 g/mol. The van der Waals surface area contributed by atoms with Gasteiger partial charge in [0.25, 0.3) is 0 Å². The first-order valence-electron chi connectivity index (χ1n) is 5.51. The van der Waals surface area contributed by atoms with Crippen LogP contribution in [-0.4, -0.2) is 22.8 Å². The maximum Gasteiger partial charge on any atom is 0.337 e. The minimum atomic E-state index is -1.85. The Morgan fingerprint density at radius 1 is 1.56 bits per heavy atom. The normalized spacial score (nSPS) is 16.4. The predicted molar refractivity (Wildman–Crippen MR) is 62.2 cm³/mol. The van der Waals surface area contributed by atoms with Crippen molar-refractivity contribution < 1.29 is 24.1 Å². The summed E-state index contributed by atoms with van der Waals surface area (Å²) in [6.07, 6.45) is 0.248. The quantitative estimate of drug-likeness (QED) is 0.865. The van der Waals surface area contributed by atoms with Gasteiger partial charge in [0.1, 0.15) is 11.6 Å². The smallest absolute Gasteiger partial charge is 0.337 e. The molecule has 0 amide bonds. The predicted octanol–water partition coefficient (Wildman–Crippen LogP) is 2.39. The Morgan fingerprint density at radius 3 is 2.78 bits per heavy atom. The Hall–Kier alpha value is -1.33. The Balaban J connectivity index is 2.30. The third-order valence-electron chi connectivity index (χ3n) is 2.73. The Bertz CT molecular complexity index is 473. The molecule has 1 aromatic rings. The van der Waals surface area contributed by atoms with Crippen LogP contribution in [0.4, 0.5) is 4.39 Å². The molecule has 18 heavy (non-hydrogen) atoms. The Morgan fingerprint density at radius 2 is 2.22 bits per heavy atom. The number of aliphatic hydroxyl groups is 1. The third kappa shape index (κ3) is 2.91. The van der Waals surface area contributed by atoms with Crippen LogP contribution in [0.15, 0.2) is 12.1 Å². The molecule has 0 heterocycles. The van der Waals surface area contributed by atoms with E-state index in [1.54, 1.807) is 0 Å². The van der Waals surface area contributed by atoms with Gasteiger partial charge in [-0.15, -0.1) is 0 Å². The van der Waals surface area contributed by atoms with Crippen molar-refractivity contribution in [3.63, 3.8) is 0 Å². The zero-order chi connectivity index (χ0) is 13.3. The van der Waals surface area contributed by atoms with E-state index in [1.165, 1.54) is 0 Å². The van der Waals surface area contributed by atoms with E-state index in [9.17, 15) is 14.3 Å². The Labute approximate surface area is 108 Å². The first-order chi connectivity index (χ1) is 8.49. The highest BCUT2D eigenvalue weighted by Crippen LogP contribution is 2.36. The molecule has 0 aromatic heterocycles. The minimum absolute atomic E-state index is 0.0362. The van der Waals surface area contributed by atoms with E-state index in [-0.39, 0.29) is 16.3 Å². The third-order valence-corrected chi connectivity index (χ3v) is 3.01. The van der Waals surface area contributed by atoms with Gasteiger partial charge in [-0.05, 0) is 30.9 Å². The van der Waals surface area contributed by atoms with Crippen LogP contribution in [-0.2, 0) is 4.79 Å². The van der Waals surface area contributed by atoms with Crippen LogP contribution in [0.3, 0.4) is 0 Å². The number of carbonyl (C=O) groups is 1. The van der Waals surface area contributed by atoms with Crippen molar-refractivity contribution in [3.05, 3.63) is 28.5 Å². The van der Waals surface area contributed by atoms with Gasteiger partial charge in [0.15, 0.2) is 6.10 Å². The maximum atomic E-state index is 13.2. The van der Waals surface area contributed by atoms with Crippen molar-refractivity contribution >= 4 is 17.6 Å². The SMILES string of the molecule is O=C(O)C(O)c1cc(F)cc(Cl)c1OCC1CC1. The van der Waals surface area contributed by atoms with Gasteiger partial charge in [-0.3, -0.25) is 0 Å². The van der Waals surface area contributed by atoms with Crippen LogP contribution >= 0.6 is 11.6 Å². The van der Waals surface area contributed by atoms with E-state index in [1.807, 2.05) is 0 Å². The molecule has 0 spiro atoms. The number of carboxylic acids is 1. The van der Waals surface area contributed by atoms with E-state index in [0.717, 1.165) is 25.0 Å². The molecule has 98 valence electrons. The maximum absolute atomic E-state index is 13.2. The average Bonchev–Trinajstić information content (AvgIpc) is 3.09. The van der Waals surface area contributed by atoms with Crippen molar-refractivity contribution in [1.29, 1.82) is 0 Å². The van der Waals surface area contributed by atoms with Gasteiger partial charge in [-0.1, -0.05) is 11.6 Å². The highest BCUT2D eigenvalue weighted by molar-refractivity contribution is 6.32. The molecule has 0 saturated heterocycles. The topological polar surface area (TPSA) is 66.8 Å². The second-order valence-electron chi connectivity index (χ2n) is 4.30. The monoisotopic (exact) mass is 274 g/mol. The lowest BCUT2D eigenvalue weighted by molar-refractivity contribution is -0.147. The summed E-state index contributed by atoms with van der Waals surface area (Å²) >= 11 is 5.82. The zero-order valence-corrected chi connectivity index (χ0v) is 10.2. The summed E-state index contributed by atoms with van der Waals surface area (Å²) in [6.45, 7) is 0.394. The fourth-order valence-corrected chi connectivity index (χ4v) is 1.82. The minimum Gasteiger partial charge on any atom is -0.491 e. The van der Waals surface area contributed by atoms with Crippen LogP contribution in [0.25, 0.3) is 0 Å². The van der Waals surface area contributed by atoms with E-state index in [0.29, 0.717) is 12.5 Å². The molecule has 6 heteroatoms. The molecule has 2 N–H and O–H groups in total. The lowest BCUT2D eigenvalue weighted by Gasteiger charge is -2.15. The van der Waals surface area contributed by atoms with Crippen molar-refractivity contribution in [2.45, 2.75) is 18.9 Å². The summed E-state index contributed by atoms with van der Waals surface area (Å²) in [5, 5.41) is 18.2. The fraction of sp³-hybridized carbons (Fsp3) is 0.417. The van der Waals surface area contributed by atoms with Gasteiger partial charge in [-0.25, -0.2) is 9.18 Å². The van der Waals surface area contributed by atoms with Crippen LogP contribution in [0.2, 0.25) is 5.02 Å². The van der Waals surface area contributed by atoms with E-state index >= 15 is 0 Å². The lowest BCUT2D eigenvalue weighted by atomic mass is 10.1. The molecule has 1 saturated carbocycles. The summed E-state index contributed by atoms with van der Waals surface area (Å²) in [5.41, 5.74) is -0.159. The van der Waals surface area contributed by atoms with Gasteiger partial charge < -0.3 is 14.9 Å². The number of carboxylic acid groups (broad SMARTS) is 1. The molecular weight excluding hydrogens is 263 g/mol. The van der Waals surface area contributed by atoms with Crippen molar-refractivity contribution in [1.82, 2.24) is 0 Å². The number of ether oxygens (including phenoxy) is 1. The zero-order valence-electron chi connectivity index (χ0n) is 9.40. The number of rotatable bonds is 5. The Kier molecular flexibility index (Phi) is 3.73. The van der Waals surface area contributed by atoms with Crippen LogP contribution in [0.5, 0.6) is 5.75 Å². The second-order valence-corrected chi connectivity index (χ2v) is 4.71. The summed E-state index contributed by atoms with van der Waals surface area (Å²) in [5.74, 6) is -1.72. The number of aliphatic hydroxyl groups excluding tert-OH is 1.